The first-order valence-electron chi connectivity index (χ1n) is 6.25. The van der Waals surface area contributed by atoms with E-state index in [0.29, 0.717) is 6.20 Å². The molecule has 0 aliphatic carbocycles. The number of ether oxygens (including phenoxy) is 1. The first-order chi connectivity index (χ1) is 10.9. The Morgan fingerprint density at radius 3 is 2.33 bits per heavy atom. The van der Waals surface area contributed by atoms with Crippen molar-refractivity contribution < 1.29 is 36.9 Å². The van der Waals surface area contributed by atoms with Crippen molar-refractivity contribution in [3.63, 3.8) is 0 Å². The maximum absolute atomic E-state index is 14.5. The zero-order chi connectivity index (χ0) is 18.9. The third-order valence-electron chi connectivity index (χ3n) is 3.05. The van der Waals surface area contributed by atoms with E-state index in [0.717, 1.165) is 0 Å². The molecule has 3 N–H and O–H groups in total. The second kappa shape index (κ2) is 6.83. The first kappa shape index (κ1) is 20.0. The Morgan fingerprint density at radius 2 is 1.92 bits per heavy atom. The van der Waals surface area contributed by atoms with Crippen molar-refractivity contribution in [2.75, 3.05) is 6.61 Å². The molecule has 2 heterocycles. The second-order valence-corrected chi connectivity index (χ2v) is 4.75. The van der Waals surface area contributed by atoms with Crippen LogP contribution in [0.1, 0.15) is 5.56 Å². The van der Waals surface area contributed by atoms with Crippen LogP contribution in [0.4, 0.5) is 22.0 Å². The fraction of sp³-hybridized carbons (Fsp3) is 0.500. The van der Waals surface area contributed by atoms with Gasteiger partial charge in [0.25, 0.3) is 11.6 Å². The van der Waals surface area contributed by atoms with E-state index in [-0.39, 0.29) is 10.1 Å². The number of aliphatic hydroxyl groups is 2. The standard InChI is InChI=1S/C10H11F3N2O5.C2H2F2/c1-4-2-15(8(19)14-7(4)18)10(13)9(11,12)6(17)5(3-16)20-10;1-2(3)4/h2,5-6,16-17H,3H2,1H3,(H,14,18,19);1H2/t5-,6-,10+;/m1./s1. The molecule has 24 heavy (non-hydrogen) atoms. The number of aromatic nitrogens is 2. The van der Waals surface area contributed by atoms with Crippen LogP contribution in [0, 0.1) is 6.92 Å². The summed E-state index contributed by atoms with van der Waals surface area (Å²) in [7, 11) is 0. The van der Waals surface area contributed by atoms with Crippen LogP contribution in [-0.4, -0.2) is 44.5 Å². The van der Waals surface area contributed by atoms with Crippen LogP contribution in [0.5, 0.6) is 0 Å². The van der Waals surface area contributed by atoms with Crippen molar-refractivity contribution in [3.8, 4) is 0 Å². The number of alkyl halides is 3. The minimum atomic E-state index is -4.49. The van der Waals surface area contributed by atoms with Gasteiger partial charge in [-0.2, -0.15) is 22.0 Å². The van der Waals surface area contributed by atoms with Gasteiger partial charge in [-0.1, -0.05) is 0 Å². The van der Waals surface area contributed by atoms with E-state index in [1.54, 1.807) is 4.98 Å². The molecule has 1 aliphatic heterocycles. The molecule has 12 heteroatoms. The zero-order valence-electron chi connectivity index (χ0n) is 12.1. The number of rotatable bonds is 2. The molecule has 0 saturated carbocycles. The zero-order valence-corrected chi connectivity index (χ0v) is 12.1. The Labute approximate surface area is 130 Å². The average molecular weight is 360 g/mol. The highest BCUT2D eigenvalue weighted by atomic mass is 19.3. The summed E-state index contributed by atoms with van der Waals surface area (Å²) in [6.07, 6.45) is -5.83. The number of aliphatic hydroxyl groups excluding tert-OH is 2. The Bertz CT molecular complexity index is 729. The summed E-state index contributed by atoms with van der Waals surface area (Å²) in [6.45, 7) is 2.32. The molecule has 2 rings (SSSR count). The van der Waals surface area contributed by atoms with Gasteiger partial charge in [0, 0.05) is 11.8 Å². The summed E-state index contributed by atoms with van der Waals surface area (Å²) >= 11 is 0. The fourth-order valence-electron chi connectivity index (χ4n) is 1.89. The monoisotopic (exact) mass is 360 g/mol. The molecule has 7 nitrogen and oxygen atoms in total. The summed E-state index contributed by atoms with van der Waals surface area (Å²) in [5.41, 5.74) is -2.54. The van der Waals surface area contributed by atoms with Crippen molar-refractivity contribution in [3.05, 3.63) is 45.3 Å². The molecule has 1 aromatic rings. The summed E-state index contributed by atoms with van der Waals surface area (Å²) in [5, 5.41) is 18.1. The van der Waals surface area contributed by atoms with Crippen molar-refractivity contribution in [2.45, 2.75) is 31.0 Å². The third kappa shape index (κ3) is 3.39. The Morgan fingerprint density at radius 1 is 1.42 bits per heavy atom. The number of hydrogen-bond acceptors (Lipinski definition) is 5. The summed E-state index contributed by atoms with van der Waals surface area (Å²) in [4.78, 5) is 24.3. The van der Waals surface area contributed by atoms with E-state index in [1.165, 1.54) is 6.92 Å². The quantitative estimate of drug-likeness (QED) is 0.654. The molecule has 1 saturated heterocycles. The molecule has 0 radical (unpaired) electrons. The van der Waals surface area contributed by atoms with Gasteiger partial charge in [-0.3, -0.25) is 9.78 Å². The van der Waals surface area contributed by atoms with Crippen LogP contribution in [0.15, 0.2) is 28.4 Å². The van der Waals surface area contributed by atoms with Crippen LogP contribution >= 0.6 is 0 Å². The van der Waals surface area contributed by atoms with E-state index in [4.69, 9.17) is 5.11 Å². The third-order valence-corrected chi connectivity index (χ3v) is 3.05. The molecular weight excluding hydrogens is 347 g/mol. The largest absolute Gasteiger partial charge is 0.394 e. The van der Waals surface area contributed by atoms with Gasteiger partial charge in [0.2, 0.25) is 0 Å². The number of aromatic amines is 1. The number of nitrogens with one attached hydrogen (secondary N) is 1. The van der Waals surface area contributed by atoms with E-state index >= 15 is 0 Å². The molecule has 1 aromatic heterocycles. The van der Waals surface area contributed by atoms with E-state index in [1.807, 2.05) is 0 Å². The van der Waals surface area contributed by atoms with Crippen LogP contribution in [0.25, 0.3) is 0 Å². The molecule has 3 atom stereocenters. The summed E-state index contributed by atoms with van der Waals surface area (Å²) in [6, 6.07) is 0. The smallest absolute Gasteiger partial charge is 0.365 e. The van der Waals surface area contributed by atoms with E-state index in [9.17, 15) is 36.6 Å². The highest BCUT2D eigenvalue weighted by Gasteiger charge is 2.71. The first-order valence-corrected chi connectivity index (χ1v) is 6.25. The summed E-state index contributed by atoms with van der Waals surface area (Å²) < 4.78 is 66.5. The Hall–Kier alpha value is -2.05. The Kier molecular flexibility index (Phi) is 5.69. The highest BCUT2D eigenvalue weighted by Crippen LogP contribution is 2.47. The molecule has 1 fully saturated rings. The lowest BCUT2D eigenvalue weighted by Gasteiger charge is -2.27. The predicted molar refractivity (Wildman–Crippen MR) is 69.4 cm³/mol. The summed E-state index contributed by atoms with van der Waals surface area (Å²) in [5.74, 6) is -8.50. The average Bonchev–Trinajstić information content (AvgIpc) is 2.63. The lowest BCUT2D eigenvalue weighted by molar-refractivity contribution is -0.297. The molecule has 1 aliphatic rings. The maximum atomic E-state index is 14.5. The van der Waals surface area contributed by atoms with E-state index < -0.39 is 48.0 Å². The van der Waals surface area contributed by atoms with Gasteiger partial charge >= 0.3 is 17.6 Å². The van der Waals surface area contributed by atoms with Crippen molar-refractivity contribution in [2.24, 2.45) is 0 Å². The fourth-order valence-corrected chi connectivity index (χ4v) is 1.89. The molecule has 136 valence electrons. The molecule has 0 amide bonds. The van der Waals surface area contributed by atoms with Gasteiger partial charge in [-0.25, -0.2) is 9.36 Å². The topological polar surface area (TPSA) is 105 Å². The van der Waals surface area contributed by atoms with Gasteiger partial charge in [-0.05, 0) is 13.5 Å². The molecule has 0 spiro atoms. The van der Waals surface area contributed by atoms with Crippen LogP contribution < -0.4 is 11.2 Å². The molecule has 0 aromatic carbocycles. The van der Waals surface area contributed by atoms with Gasteiger partial charge in [-0.15, -0.1) is 0 Å². The molecule has 0 bridgehead atoms. The number of nitrogens with zero attached hydrogens (tertiary/aromatic N) is 1. The van der Waals surface area contributed by atoms with Crippen molar-refractivity contribution in [1.82, 2.24) is 9.55 Å². The number of H-pyrrole nitrogens is 1. The second-order valence-electron chi connectivity index (χ2n) is 4.75. The normalized spacial score (nSPS) is 28.2. The highest BCUT2D eigenvalue weighted by molar-refractivity contribution is 5.07. The minimum Gasteiger partial charge on any atom is -0.394 e. The van der Waals surface area contributed by atoms with Gasteiger partial charge in [0.15, 0.2) is 6.10 Å². The molecular formula is C12H13F5N2O5. The lowest BCUT2D eigenvalue weighted by Crippen LogP contribution is -2.53. The SMILES string of the molecule is C=C(F)F.Cc1cn([C@]2(F)O[C@H](CO)[C@@H](O)C2(F)F)c(=O)[nH]c1=O. The van der Waals surface area contributed by atoms with Gasteiger partial charge in [0.05, 0.1) is 6.61 Å². The number of halogens is 5. The predicted octanol–water partition coefficient (Wildman–Crippen LogP) is 0.209. The number of hydrogen-bond donors (Lipinski definition) is 3. The van der Waals surface area contributed by atoms with Crippen molar-refractivity contribution in [1.29, 1.82) is 0 Å². The molecule has 0 unspecified atom stereocenters. The van der Waals surface area contributed by atoms with Crippen molar-refractivity contribution >= 4 is 0 Å². The van der Waals surface area contributed by atoms with Crippen LogP contribution in [0.2, 0.25) is 0 Å². The van der Waals surface area contributed by atoms with Crippen LogP contribution in [0.3, 0.4) is 0 Å². The minimum absolute atomic E-state index is 0.150. The van der Waals surface area contributed by atoms with Crippen LogP contribution in [-0.2, 0) is 10.7 Å². The van der Waals surface area contributed by atoms with Gasteiger partial charge in [0.1, 0.15) is 6.10 Å². The lowest BCUT2D eigenvalue weighted by atomic mass is 10.1. The van der Waals surface area contributed by atoms with E-state index in [2.05, 4.69) is 11.3 Å². The van der Waals surface area contributed by atoms with Gasteiger partial charge < -0.3 is 14.9 Å². The maximum Gasteiger partial charge on any atom is 0.365 e. The Balaban J connectivity index is 0.000000648. The number of aryl methyl sites for hydroxylation is 1.